The van der Waals surface area contributed by atoms with Gasteiger partial charge < -0.3 is 20.0 Å². The minimum atomic E-state index is -0.805. The highest BCUT2D eigenvalue weighted by Crippen LogP contribution is 2.40. The van der Waals surface area contributed by atoms with Gasteiger partial charge in [-0.05, 0) is 106 Å². The van der Waals surface area contributed by atoms with Gasteiger partial charge >= 0.3 is 0 Å². The number of benzene rings is 1. The zero-order valence-corrected chi connectivity index (χ0v) is 32.2. The number of carbonyl (C=O) groups excluding carboxylic acids is 4. The van der Waals surface area contributed by atoms with Crippen LogP contribution in [0.1, 0.15) is 67.8 Å². The topological polar surface area (TPSA) is 144 Å². The summed E-state index contributed by atoms with van der Waals surface area (Å²) < 4.78 is 0. The molecule has 14 heteroatoms. The lowest BCUT2D eigenvalue weighted by molar-refractivity contribution is -0.141. The first-order chi connectivity index (χ1) is 26.7. The molecule has 8 rings (SSSR count). The van der Waals surface area contributed by atoms with Crippen LogP contribution in [-0.2, 0) is 25.7 Å². The summed E-state index contributed by atoms with van der Waals surface area (Å²) in [7, 11) is 0. The Bertz CT molecular complexity index is 1910. The van der Waals surface area contributed by atoms with Crippen molar-refractivity contribution in [3.05, 3.63) is 64.6 Å². The first-order valence-corrected chi connectivity index (χ1v) is 20.2. The normalized spacial score (nSPS) is 24.5. The number of nitrogens with one attached hydrogen (secondary N) is 2. The smallest absolute Gasteiger partial charge is 0.243 e. The molecular formula is C41H50ClN9O4. The van der Waals surface area contributed by atoms with Crippen LogP contribution in [0.4, 0.5) is 11.6 Å². The average Bonchev–Trinajstić information content (AvgIpc) is 3.80. The van der Waals surface area contributed by atoms with Crippen molar-refractivity contribution in [3.8, 4) is 11.3 Å². The Morgan fingerprint density at radius 1 is 0.927 bits per heavy atom. The number of piperidine rings is 3. The number of ketones is 1. The second kappa shape index (κ2) is 16.4. The van der Waals surface area contributed by atoms with Crippen LogP contribution in [0.5, 0.6) is 0 Å². The molecule has 2 amide bonds. The first kappa shape index (κ1) is 37.6. The molecule has 3 unspecified atom stereocenters. The number of hydrogen-bond acceptors (Lipinski definition) is 12. The molecule has 7 heterocycles. The standard InChI is InChI=1S/C41H50ClN9O4/c1-26-2-3-29(19-43-26)38-34(42)20-44-41(47-38)45-31-12-15-49(24-31)22-27-8-13-48(14-9-27)21-28-10-16-50(17-11-28)32-5-4-30-23-51(35-6-7-37(54)46-40(35)55)39(33(30)18-32)36(53)25-52/h2-5,18-20,25,27-28,31,35,39H,6-17,21-24H2,1H3,(H,44,45,47)(H,46,54,55). The molecule has 5 aliphatic heterocycles. The third-order valence-corrected chi connectivity index (χ3v) is 12.6. The predicted octanol–water partition coefficient (Wildman–Crippen LogP) is 4.05. The number of pyridine rings is 1. The number of anilines is 2. The van der Waals surface area contributed by atoms with Gasteiger partial charge in [0.2, 0.25) is 23.5 Å². The molecule has 3 atom stereocenters. The fourth-order valence-corrected chi connectivity index (χ4v) is 9.52. The van der Waals surface area contributed by atoms with E-state index in [4.69, 9.17) is 16.6 Å². The van der Waals surface area contributed by atoms with Gasteiger partial charge in [-0.2, -0.15) is 0 Å². The number of amides is 2. The Morgan fingerprint density at radius 3 is 2.40 bits per heavy atom. The Kier molecular flexibility index (Phi) is 11.2. The zero-order valence-electron chi connectivity index (χ0n) is 31.5. The molecule has 4 saturated heterocycles. The van der Waals surface area contributed by atoms with E-state index in [2.05, 4.69) is 41.4 Å². The summed E-state index contributed by atoms with van der Waals surface area (Å²) in [5.41, 5.74) is 5.33. The molecular weight excluding hydrogens is 718 g/mol. The highest BCUT2D eigenvalue weighted by Gasteiger charge is 2.43. The lowest BCUT2D eigenvalue weighted by Gasteiger charge is -2.39. The van der Waals surface area contributed by atoms with Crippen LogP contribution < -0.4 is 15.5 Å². The van der Waals surface area contributed by atoms with E-state index in [0.29, 0.717) is 53.8 Å². The lowest BCUT2D eigenvalue weighted by atomic mass is 9.92. The molecule has 2 aromatic heterocycles. The molecule has 2 N–H and O–H groups in total. The van der Waals surface area contributed by atoms with Crippen LogP contribution in [0, 0.1) is 18.8 Å². The highest BCUT2D eigenvalue weighted by atomic mass is 35.5. The van der Waals surface area contributed by atoms with Crippen molar-refractivity contribution in [1.82, 2.24) is 35.0 Å². The Hall–Kier alpha value is -4.30. The van der Waals surface area contributed by atoms with Crippen LogP contribution in [0.15, 0.2) is 42.7 Å². The van der Waals surface area contributed by atoms with Gasteiger partial charge in [0.1, 0.15) is 6.04 Å². The van der Waals surface area contributed by atoms with Gasteiger partial charge in [-0.15, -0.1) is 0 Å². The lowest BCUT2D eigenvalue weighted by Crippen LogP contribution is -2.52. The second-order valence-electron chi connectivity index (χ2n) is 16.1. The fourth-order valence-electron chi connectivity index (χ4n) is 9.32. The van der Waals surface area contributed by atoms with Crippen molar-refractivity contribution in [2.24, 2.45) is 11.8 Å². The number of Topliss-reactive ketones (excluding diaryl/α,β-unsaturated/α-hetero) is 1. The number of nitrogens with zero attached hydrogens (tertiary/aromatic N) is 7. The summed E-state index contributed by atoms with van der Waals surface area (Å²) in [6.07, 6.45) is 10.1. The number of halogens is 1. The minimum Gasteiger partial charge on any atom is -0.372 e. The quantitative estimate of drug-likeness (QED) is 0.165. The number of hydrogen-bond donors (Lipinski definition) is 2. The number of fused-ring (bicyclic) bond motifs is 1. The third kappa shape index (κ3) is 8.45. The van der Waals surface area contributed by atoms with Crippen molar-refractivity contribution in [2.45, 2.75) is 76.5 Å². The van der Waals surface area contributed by atoms with Crippen molar-refractivity contribution in [2.75, 3.05) is 62.6 Å². The SMILES string of the molecule is Cc1ccc(-c2nc(NC3CCN(CC4CCN(CC5CCN(c6ccc7c(c6)C(C(=O)C=O)N(C6CCC(=O)NC6=O)C7)CC5)CC4)C3)ncc2Cl)cn1. The molecule has 55 heavy (non-hydrogen) atoms. The van der Waals surface area contributed by atoms with E-state index >= 15 is 0 Å². The Morgan fingerprint density at radius 2 is 1.67 bits per heavy atom. The van der Waals surface area contributed by atoms with Gasteiger partial charge in [0.15, 0.2) is 6.29 Å². The number of carbonyl (C=O) groups is 4. The van der Waals surface area contributed by atoms with E-state index in [9.17, 15) is 19.2 Å². The average molecular weight is 768 g/mol. The van der Waals surface area contributed by atoms with Crippen LogP contribution in [0.3, 0.4) is 0 Å². The molecule has 3 aromatic rings. The second-order valence-corrected chi connectivity index (χ2v) is 16.5. The van der Waals surface area contributed by atoms with Gasteiger partial charge in [0, 0.05) is 81.4 Å². The van der Waals surface area contributed by atoms with Gasteiger partial charge in [-0.1, -0.05) is 17.7 Å². The van der Waals surface area contributed by atoms with Crippen LogP contribution >= 0.6 is 11.6 Å². The van der Waals surface area contributed by atoms with Crippen molar-refractivity contribution in [1.29, 1.82) is 0 Å². The molecule has 0 bridgehead atoms. The summed E-state index contributed by atoms with van der Waals surface area (Å²) in [6.45, 7) is 10.9. The number of likely N-dealkylation sites (tertiary alicyclic amines) is 2. The van der Waals surface area contributed by atoms with Gasteiger partial charge in [-0.25, -0.2) is 9.97 Å². The Balaban J connectivity index is 0.779. The molecule has 1 aromatic carbocycles. The number of aldehydes is 1. The monoisotopic (exact) mass is 767 g/mol. The predicted molar refractivity (Wildman–Crippen MR) is 210 cm³/mol. The number of aromatic nitrogens is 3. The molecule has 0 radical (unpaired) electrons. The zero-order chi connectivity index (χ0) is 38.1. The maximum absolute atomic E-state index is 12.9. The van der Waals surface area contributed by atoms with E-state index in [1.807, 2.05) is 31.2 Å². The van der Waals surface area contributed by atoms with Crippen LogP contribution in [0.2, 0.25) is 5.02 Å². The van der Waals surface area contributed by atoms with E-state index in [0.717, 1.165) is 99.7 Å². The van der Waals surface area contributed by atoms with Crippen molar-refractivity contribution in [3.63, 3.8) is 0 Å². The molecule has 0 aliphatic carbocycles. The molecule has 290 valence electrons. The van der Waals surface area contributed by atoms with E-state index < -0.39 is 23.8 Å². The maximum atomic E-state index is 12.9. The maximum Gasteiger partial charge on any atom is 0.243 e. The summed E-state index contributed by atoms with van der Waals surface area (Å²) >= 11 is 6.45. The Labute approximate surface area is 327 Å². The molecule has 0 spiro atoms. The van der Waals surface area contributed by atoms with Crippen molar-refractivity contribution < 1.29 is 19.2 Å². The minimum absolute atomic E-state index is 0.221. The molecule has 13 nitrogen and oxygen atoms in total. The fraction of sp³-hybridized carbons (Fsp3) is 0.537. The highest BCUT2D eigenvalue weighted by molar-refractivity contribution is 6.32. The molecule has 0 saturated carbocycles. The summed E-state index contributed by atoms with van der Waals surface area (Å²) in [5, 5.41) is 6.47. The van der Waals surface area contributed by atoms with E-state index in [1.165, 1.54) is 12.8 Å². The van der Waals surface area contributed by atoms with Crippen LogP contribution in [-0.4, -0.2) is 118 Å². The third-order valence-electron chi connectivity index (χ3n) is 12.4. The molecule has 5 aliphatic rings. The van der Waals surface area contributed by atoms with Gasteiger partial charge in [0.05, 0.1) is 23.0 Å². The number of rotatable bonds is 11. The number of imide groups is 1. The summed E-state index contributed by atoms with van der Waals surface area (Å²) in [6, 6.07) is 9.01. The summed E-state index contributed by atoms with van der Waals surface area (Å²) in [4.78, 5) is 72.1. The van der Waals surface area contributed by atoms with Crippen LogP contribution in [0.25, 0.3) is 11.3 Å². The van der Waals surface area contributed by atoms with E-state index in [1.54, 1.807) is 17.3 Å². The van der Waals surface area contributed by atoms with E-state index in [-0.39, 0.29) is 12.3 Å². The largest absolute Gasteiger partial charge is 0.372 e. The van der Waals surface area contributed by atoms with Gasteiger partial charge in [0.25, 0.3) is 0 Å². The van der Waals surface area contributed by atoms with Gasteiger partial charge in [-0.3, -0.25) is 34.4 Å². The molecule has 4 fully saturated rings. The first-order valence-electron chi connectivity index (χ1n) is 19.8. The van der Waals surface area contributed by atoms with Crippen molar-refractivity contribution >= 4 is 47.1 Å². The summed E-state index contributed by atoms with van der Waals surface area (Å²) in [5.74, 6) is 0.718. The number of aryl methyl sites for hydroxylation is 1.